The molecule has 0 spiro atoms. The standard InChI is InChI=1S/C23H19NO4/c1-26-16-7-5-6-15(12-16)10-11-23(25)24-19-14-21-18(13-22(19)27-2)17-8-3-4-9-20(17)28-21/h3-14H,1-2H3,(H,24,25). The number of fused-ring (bicyclic) bond motifs is 3. The lowest BCUT2D eigenvalue weighted by molar-refractivity contribution is -0.111. The van der Waals surface area contributed by atoms with E-state index in [2.05, 4.69) is 5.32 Å². The van der Waals surface area contributed by atoms with E-state index < -0.39 is 0 Å². The van der Waals surface area contributed by atoms with E-state index in [1.807, 2.05) is 54.6 Å². The molecule has 0 saturated heterocycles. The number of methoxy groups -OCH3 is 2. The number of carbonyl (C=O) groups is 1. The summed E-state index contributed by atoms with van der Waals surface area (Å²) in [7, 11) is 3.18. The smallest absolute Gasteiger partial charge is 0.248 e. The largest absolute Gasteiger partial charge is 0.497 e. The fraction of sp³-hybridized carbons (Fsp3) is 0.0870. The van der Waals surface area contributed by atoms with Gasteiger partial charge in [0.25, 0.3) is 0 Å². The zero-order valence-corrected chi connectivity index (χ0v) is 15.6. The Labute approximate surface area is 162 Å². The van der Waals surface area contributed by atoms with Crippen LogP contribution in [0.15, 0.2) is 71.2 Å². The minimum absolute atomic E-state index is 0.267. The maximum absolute atomic E-state index is 12.4. The maximum Gasteiger partial charge on any atom is 0.248 e. The average molecular weight is 373 g/mol. The first-order valence-corrected chi connectivity index (χ1v) is 8.80. The molecule has 0 aliphatic rings. The number of hydrogen-bond donors (Lipinski definition) is 1. The quantitative estimate of drug-likeness (QED) is 0.485. The van der Waals surface area contributed by atoms with Gasteiger partial charge in [-0.15, -0.1) is 0 Å². The molecular formula is C23H19NO4. The third-order valence-electron chi connectivity index (χ3n) is 4.48. The number of benzene rings is 3. The molecule has 0 atom stereocenters. The maximum atomic E-state index is 12.4. The second kappa shape index (κ2) is 7.48. The number of ether oxygens (including phenoxy) is 2. The van der Waals surface area contributed by atoms with Crippen molar-refractivity contribution in [2.24, 2.45) is 0 Å². The number of carbonyl (C=O) groups excluding carboxylic acids is 1. The van der Waals surface area contributed by atoms with Crippen molar-refractivity contribution < 1.29 is 18.7 Å². The normalized spacial score (nSPS) is 11.2. The molecule has 0 bridgehead atoms. The third-order valence-corrected chi connectivity index (χ3v) is 4.48. The van der Waals surface area contributed by atoms with E-state index in [0.29, 0.717) is 17.0 Å². The van der Waals surface area contributed by atoms with Crippen LogP contribution < -0.4 is 14.8 Å². The summed E-state index contributed by atoms with van der Waals surface area (Å²) in [6, 6.07) is 18.9. The summed E-state index contributed by atoms with van der Waals surface area (Å²) in [5.41, 5.74) is 2.90. The van der Waals surface area contributed by atoms with E-state index in [1.165, 1.54) is 6.08 Å². The molecule has 0 fully saturated rings. The Morgan fingerprint density at radius 1 is 0.929 bits per heavy atom. The molecule has 1 N–H and O–H groups in total. The van der Waals surface area contributed by atoms with Crippen molar-refractivity contribution in [2.45, 2.75) is 0 Å². The second-order valence-electron chi connectivity index (χ2n) is 6.25. The van der Waals surface area contributed by atoms with Crippen LogP contribution in [0.5, 0.6) is 11.5 Å². The van der Waals surface area contributed by atoms with E-state index in [-0.39, 0.29) is 5.91 Å². The van der Waals surface area contributed by atoms with Crippen molar-refractivity contribution in [1.29, 1.82) is 0 Å². The predicted octanol–water partition coefficient (Wildman–Crippen LogP) is 5.26. The highest BCUT2D eigenvalue weighted by Crippen LogP contribution is 2.36. The highest BCUT2D eigenvalue weighted by atomic mass is 16.5. The van der Waals surface area contributed by atoms with Crippen LogP contribution in [0.3, 0.4) is 0 Å². The number of furan rings is 1. The summed E-state index contributed by atoms with van der Waals surface area (Å²) in [6.07, 6.45) is 3.20. The molecule has 0 aliphatic heterocycles. The molecule has 0 radical (unpaired) electrons. The first kappa shape index (κ1) is 17.7. The number of anilines is 1. The second-order valence-corrected chi connectivity index (χ2v) is 6.25. The number of hydrogen-bond acceptors (Lipinski definition) is 4. The molecular weight excluding hydrogens is 354 g/mol. The van der Waals surface area contributed by atoms with E-state index >= 15 is 0 Å². The van der Waals surface area contributed by atoms with Crippen molar-refractivity contribution in [3.8, 4) is 11.5 Å². The van der Waals surface area contributed by atoms with Gasteiger partial charge in [-0.3, -0.25) is 4.79 Å². The van der Waals surface area contributed by atoms with Gasteiger partial charge in [0.1, 0.15) is 22.7 Å². The van der Waals surface area contributed by atoms with Crippen LogP contribution in [0, 0.1) is 0 Å². The molecule has 28 heavy (non-hydrogen) atoms. The van der Waals surface area contributed by atoms with Gasteiger partial charge in [0.15, 0.2) is 0 Å². The molecule has 140 valence electrons. The molecule has 5 nitrogen and oxygen atoms in total. The van der Waals surface area contributed by atoms with Crippen molar-refractivity contribution in [2.75, 3.05) is 19.5 Å². The fourth-order valence-corrected chi connectivity index (χ4v) is 3.11. The first-order valence-electron chi connectivity index (χ1n) is 8.80. The summed E-state index contributed by atoms with van der Waals surface area (Å²) in [4.78, 5) is 12.4. The minimum atomic E-state index is -0.267. The summed E-state index contributed by atoms with van der Waals surface area (Å²) < 4.78 is 16.6. The molecule has 4 rings (SSSR count). The molecule has 1 heterocycles. The summed E-state index contributed by atoms with van der Waals surface area (Å²) in [5, 5.41) is 4.80. The van der Waals surface area contributed by atoms with Gasteiger partial charge in [0, 0.05) is 22.9 Å². The van der Waals surface area contributed by atoms with Crippen molar-refractivity contribution in [3.63, 3.8) is 0 Å². The van der Waals surface area contributed by atoms with Crippen molar-refractivity contribution >= 4 is 39.6 Å². The van der Waals surface area contributed by atoms with Crippen LogP contribution in [0.4, 0.5) is 5.69 Å². The monoisotopic (exact) mass is 373 g/mol. The molecule has 0 unspecified atom stereocenters. The van der Waals surface area contributed by atoms with Crippen LogP contribution in [-0.4, -0.2) is 20.1 Å². The van der Waals surface area contributed by atoms with Gasteiger partial charge in [0.05, 0.1) is 19.9 Å². The molecule has 0 aliphatic carbocycles. The van der Waals surface area contributed by atoms with Gasteiger partial charge in [-0.1, -0.05) is 30.3 Å². The van der Waals surface area contributed by atoms with E-state index in [9.17, 15) is 4.79 Å². The third kappa shape index (κ3) is 3.42. The predicted molar refractivity (Wildman–Crippen MR) is 111 cm³/mol. The summed E-state index contributed by atoms with van der Waals surface area (Å²) >= 11 is 0. The molecule has 5 heteroatoms. The Balaban J connectivity index is 1.62. The summed E-state index contributed by atoms with van der Waals surface area (Å²) in [6.45, 7) is 0. The van der Waals surface area contributed by atoms with E-state index in [1.54, 1.807) is 26.4 Å². The molecule has 3 aromatic carbocycles. The topological polar surface area (TPSA) is 60.7 Å². The summed E-state index contributed by atoms with van der Waals surface area (Å²) in [5.74, 6) is 1.04. The zero-order valence-electron chi connectivity index (χ0n) is 15.6. The van der Waals surface area contributed by atoms with Gasteiger partial charge in [0.2, 0.25) is 5.91 Å². The Kier molecular flexibility index (Phi) is 4.72. The van der Waals surface area contributed by atoms with Gasteiger partial charge >= 0.3 is 0 Å². The van der Waals surface area contributed by atoms with Crippen LogP contribution in [-0.2, 0) is 4.79 Å². The SMILES string of the molecule is COc1cccc(C=CC(=O)Nc2cc3oc4ccccc4c3cc2OC)c1. The highest BCUT2D eigenvalue weighted by molar-refractivity contribution is 6.09. The van der Waals surface area contributed by atoms with Gasteiger partial charge in [-0.2, -0.15) is 0 Å². The van der Waals surface area contributed by atoms with Gasteiger partial charge in [-0.25, -0.2) is 0 Å². The number of para-hydroxylation sites is 1. The lowest BCUT2D eigenvalue weighted by atomic mass is 10.1. The van der Waals surface area contributed by atoms with Crippen LogP contribution in [0.2, 0.25) is 0 Å². The number of amides is 1. The van der Waals surface area contributed by atoms with Gasteiger partial charge in [-0.05, 0) is 35.9 Å². The minimum Gasteiger partial charge on any atom is -0.497 e. The average Bonchev–Trinajstić information content (AvgIpc) is 3.09. The first-order chi connectivity index (χ1) is 13.7. The zero-order chi connectivity index (χ0) is 19.5. The lowest BCUT2D eigenvalue weighted by Crippen LogP contribution is -2.08. The van der Waals surface area contributed by atoms with E-state index in [4.69, 9.17) is 13.9 Å². The fourth-order valence-electron chi connectivity index (χ4n) is 3.11. The Bertz CT molecular complexity index is 1190. The van der Waals surface area contributed by atoms with Crippen LogP contribution in [0.25, 0.3) is 28.0 Å². The Morgan fingerprint density at radius 3 is 2.61 bits per heavy atom. The molecule has 0 saturated carbocycles. The molecule has 1 aromatic heterocycles. The van der Waals surface area contributed by atoms with E-state index in [0.717, 1.165) is 27.7 Å². The van der Waals surface area contributed by atoms with Crippen LogP contribution >= 0.6 is 0 Å². The van der Waals surface area contributed by atoms with Crippen LogP contribution in [0.1, 0.15) is 5.56 Å². The van der Waals surface area contributed by atoms with Crippen molar-refractivity contribution in [1.82, 2.24) is 0 Å². The molecule has 1 amide bonds. The number of rotatable bonds is 5. The lowest BCUT2D eigenvalue weighted by Gasteiger charge is -2.09. The molecule has 4 aromatic rings. The Hall–Kier alpha value is -3.73. The highest BCUT2D eigenvalue weighted by Gasteiger charge is 2.13. The number of nitrogens with one attached hydrogen (secondary N) is 1. The van der Waals surface area contributed by atoms with Crippen molar-refractivity contribution in [3.05, 3.63) is 72.3 Å². The Morgan fingerprint density at radius 2 is 1.79 bits per heavy atom. The van der Waals surface area contributed by atoms with Gasteiger partial charge < -0.3 is 19.2 Å².